The average molecular weight is 429 g/mol. The molecular formula is C22H28N4O3S. The fourth-order valence-electron chi connectivity index (χ4n) is 4.21. The van der Waals surface area contributed by atoms with Gasteiger partial charge in [-0.15, -0.1) is 0 Å². The van der Waals surface area contributed by atoms with E-state index in [1.54, 1.807) is 18.3 Å². The van der Waals surface area contributed by atoms with Crippen LogP contribution in [0.2, 0.25) is 0 Å². The molecule has 1 aromatic heterocycles. The van der Waals surface area contributed by atoms with Gasteiger partial charge >= 0.3 is 0 Å². The largest absolute Gasteiger partial charge is 0.335 e. The number of aromatic nitrogens is 1. The standard InChI is InChI=1S/C22H28N4O3S/c1-2-18-6-8-20(9-7-18)30(28,29)26-15-13-24(14-16-26)21-10-12-25(22(21)27)17-19-5-3-4-11-23-19/h3-9,11,21H,2,10,12-17H2,1H3. The molecule has 0 bridgehead atoms. The number of pyridine rings is 1. The molecule has 1 atom stereocenters. The van der Waals surface area contributed by atoms with E-state index in [1.165, 1.54) is 4.31 Å². The van der Waals surface area contributed by atoms with Crippen molar-refractivity contribution in [3.8, 4) is 0 Å². The molecule has 1 amide bonds. The van der Waals surface area contributed by atoms with Crippen molar-refractivity contribution in [1.82, 2.24) is 19.1 Å². The van der Waals surface area contributed by atoms with Crippen molar-refractivity contribution in [2.75, 3.05) is 32.7 Å². The summed E-state index contributed by atoms with van der Waals surface area (Å²) in [6, 6.07) is 12.7. The quantitative estimate of drug-likeness (QED) is 0.701. The molecule has 0 saturated carbocycles. The Kier molecular flexibility index (Phi) is 6.17. The van der Waals surface area contributed by atoms with Crippen molar-refractivity contribution < 1.29 is 13.2 Å². The van der Waals surface area contributed by atoms with Crippen molar-refractivity contribution in [1.29, 1.82) is 0 Å². The van der Waals surface area contributed by atoms with Gasteiger partial charge in [0, 0.05) is 38.9 Å². The lowest BCUT2D eigenvalue weighted by Gasteiger charge is -2.36. The van der Waals surface area contributed by atoms with Crippen LogP contribution in [0, 0.1) is 0 Å². The van der Waals surface area contributed by atoms with Gasteiger partial charge in [-0.2, -0.15) is 4.31 Å². The summed E-state index contributed by atoms with van der Waals surface area (Å²) < 4.78 is 27.5. The van der Waals surface area contributed by atoms with Gasteiger partial charge in [0.15, 0.2) is 0 Å². The van der Waals surface area contributed by atoms with Gasteiger partial charge in [0.2, 0.25) is 15.9 Å². The molecule has 1 aromatic carbocycles. The van der Waals surface area contributed by atoms with Crippen LogP contribution in [-0.4, -0.2) is 72.2 Å². The van der Waals surface area contributed by atoms with E-state index in [4.69, 9.17) is 0 Å². The number of rotatable bonds is 6. The second-order valence-electron chi connectivity index (χ2n) is 7.82. The molecule has 2 fully saturated rings. The van der Waals surface area contributed by atoms with Crippen LogP contribution in [0.3, 0.4) is 0 Å². The highest BCUT2D eigenvalue weighted by Crippen LogP contribution is 2.23. The third-order valence-corrected chi connectivity index (χ3v) is 7.94. The van der Waals surface area contributed by atoms with Crippen LogP contribution in [0.15, 0.2) is 53.6 Å². The number of carbonyl (C=O) groups excluding carboxylic acids is 1. The number of piperazine rings is 1. The monoisotopic (exact) mass is 428 g/mol. The van der Waals surface area contributed by atoms with Gasteiger partial charge in [0.1, 0.15) is 0 Å². The molecule has 3 heterocycles. The number of benzene rings is 1. The van der Waals surface area contributed by atoms with Crippen molar-refractivity contribution in [3.05, 3.63) is 59.9 Å². The zero-order valence-electron chi connectivity index (χ0n) is 17.3. The van der Waals surface area contributed by atoms with Crippen molar-refractivity contribution in [2.45, 2.75) is 37.2 Å². The predicted molar refractivity (Wildman–Crippen MR) is 114 cm³/mol. The minimum absolute atomic E-state index is 0.118. The first-order valence-electron chi connectivity index (χ1n) is 10.5. The molecule has 0 radical (unpaired) electrons. The average Bonchev–Trinajstić information content (AvgIpc) is 3.14. The Morgan fingerprint density at radius 2 is 1.73 bits per heavy atom. The number of likely N-dealkylation sites (tertiary alicyclic amines) is 1. The molecule has 0 aliphatic carbocycles. The summed E-state index contributed by atoms with van der Waals surface area (Å²) in [6.07, 6.45) is 3.39. The molecule has 30 heavy (non-hydrogen) atoms. The van der Waals surface area contributed by atoms with E-state index in [2.05, 4.69) is 9.88 Å². The molecule has 0 N–H and O–H groups in total. The minimum atomic E-state index is -3.50. The Morgan fingerprint density at radius 1 is 1.00 bits per heavy atom. The van der Waals surface area contributed by atoms with Crippen molar-refractivity contribution in [3.63, 3.8) is 0 Å². The lowest BCUT2D eigenvalue weighted by atomic mass is 10.2. The highest BCUT2D eigenvalue weighted by molar-refractivity contribution is 7.89. The minimum Gasteiger partial charge on any atom is -0.335 e. The zero-order chi connectivity index (χ0) is 21.1. The SMILES string of the molecule is CCc1ccc(S(=O)(=O)N2CCN(C3CCN(Cc4ccccn4)C3=O)CC2)cc1. The first-order chi connectivity index (χ1) is 14.5. The second-order valence-corrected chi connectivity index (χ2v) is 9.76. The molecular weight excluding hydrogens is 400 g/mol. The molecule has 2 saturated heterocycles. The van der Waals surface area contributed by atoms with Gasteiger partial charge in [-0.3, -0.25) is 14.7 Å². The number of carbonyl (C=O) groups is 1. The summed E-state index contributed by atoms with van der Waals surface area (Å²) in [5, 5.41) is 0. The van der Waals surface area contributed by atoms with Crippen LogP contribution in [0.25, 0.3) is 0 Å². The Balaban J connectivity index is 1.35. The molecule has 160 valence electrons. The van der Waals surface area contributed by atoms with Gasteiger partial charge in [-0.25, -0.2) is 8.42 Å². The summed E-state index contributed by atoms with van der Waals surface area (Å²) in [7, 11) is -3.50. The predicted octanol–water partition coefficient (Wildman–Crippen LogP) is 1.75. The lowest BCUT2D eigenvalue weighted by Crippen LogP contribution is -2.53. The number of amides is 1. The number of sulfonamides is 1. The van der Waals surface area contributed by atoms with E-state index in [0.717, 1.165) is 24.1 Å². The van der Waals surface area contributed by atoms with Gasteiger partial charge < -0.3 is 4.90 Å². The molecule has 2 aliphatic heterocycles. The summed E-state index contributed by atoms with van der Waals surface area (Å²) in [5.74, 6) is 0.118. The number of nitrogens with zero attached hydrogens (tertiary/aromatic N) is 4. The van der Waals surface area contributed by atoms with Gasteiger partial charge in [-0.1, -0.05) is 25.1 Å². The van der Waals surface area contributed by atoms with E-state index in [0.29, 0.717) is 44.2 Å². The van der Waals surface area contributed by atoms with Gasteiger partial charge in [-0.05, 0) is 42.7 Å². The van der Waals surface area contributed by atoms with Crippen LogP contribution in [0.5, 0.6) is 0 Å². The summed E-state index contributed by atoms with van der Waals surface area (Å²) >= 11 is 0. The zero-order valence-corrected chi connectivity index (χ0v) is 18.1. The van der Waals surface area contributed by atoms with E-state index >= 15 is 0 Å². The molecule has 2 aromatic rings. The molecule has 1 unspecified atom stereocenters. The third-order valence-electron chi connectivity index (χ3n) is 6.03. The van der Waals surface area contributed by atoms with Crippen LogP contribution < -0.4 is 0 Å². The van der Waals surface area contributed by atoms with Crippen molar-refractivity contribution in [2.24, 2.45) is 0 Å². The van der Waals surface area contributed by atoms with Crippen LogP contribution >= 0.6 is 0 Å². The molecule has 4 rings (SSSR count). The maximum atomic E-state index is 13.0. The Morgan fingerprint density at radius 3 is 2.37 bits per heavy atom. The maximum absolute atomic E-state index is 13.0. The topological polar surface area (TPSA) is 73.8 Å². The fourth-order valence-corrected chi connectivity index (χ4v) is 5.63. The Bertz CT molecular complexity index is 971. The Labute approximate surface area is 178 Å². The normalized spacial score (nSPS) is 21.3. The first-order valence-corrected chi connectivity index (χ1v) is 11.9. The molecule has 2 aliphatic rings. The highest BCUT2D eigenvalue weighted by Gasteiger charge is 2.38. The van der Waals surface area contributed by atoms with Crippen LogP contribution in [-0.2, 0) is 27.8 Å². The molecule has 7 nitrogen and oxygen atoms in total. The first kappa shape index (κ1) is 21.0. The highest BCUT2D eigenvalue weighted by atomic mass is 32.2. The molecule has 0 spiro atoms. The van der Waals surface area contributed by atoms with Crippen LogP contribution in [0.1, 0.15) is 24.6 Å². The van der Waals surface area contributed by atoms with E-state index in [-0.39, 0.29) is 11.9 Å². The van der Waals surface area contributed by atoms with Gasteiger partial charge in [0.25, 0.3) is 0 Å². The lowest BCUT2D eigenvalue weighted by molar-refractivity contribution is -0.133. The van der Waals surface area contributed by atoms with Gasteiger partial charge in [0.05, 0.1) is 23.2 Å². The smallest absolute Gasteiger partial charge is 0.243 e. The van der Waals surface area contributed by atoms with E-state index in [1.807, 2.05) is 42.2 Å². The number of hydrogen-bond donors (Lipinski definition) is 0. The summed E-state index contributed by atoms with van der Waals surface area (Å²) in [4.78, 5) is 21.5. The number of hydrogen-bond acceptors (Lipinski definition) is 5. The third kappa shape index (κ3) is 4.26. The number of aryl methyl sites for hydroxylation is 1. The van der Waals surface area contributed by atoms with Crippen LogP contribution in [0.4, 0.5) is 0 Å². The fraction of sp³-hybridized carbons (Fsp3) is 0.455. The van der Waals surface area contributed by atoms with E-state index in [9.17, 15) is 13.2 Å². The van der Waals surface area contributed by atoms with E-state index < -0.39 is 10.0 Å². The summed E-state index contributed by atoms with van der Waals surface area (Å²) in [5.41, 5.74) is 2.00. The Hall–Kier alpha value is -2.29. The maximum Gasteiger partial charge on any atom is 0.243 e. The van der Waals surface area contributed by atoms with Crippen molar-refractivity contribution >= 4 is 15.9 Å². The summed E-state index contributed by atoms with van der Waals surface area (Å²) in [6.45, 7) is 5.23. The molecule has 8 heteroatoms. The second kappa shape index (κ2) is 8.83.